The van der Waals surface area contributed by atoms with Crippen LogP contribution in [0.5, 0.6) is 0 Å². The first kappa shape index (κ1) is 14.6. The Morgan fingerprint density at radius 1 is 1.55 bits per heavy atom. The normalized spacial score (nSPS) is 14.8. The van der Waals surface area contributed by atoms with Crippen molar-refractivity contribution < 1.29 is 14.3 Å². The average Bonchev–Trinajstić information content (AvgIpc) is 2.82. The molecule has 0 bridgehead atoms. The fourth-order valence-corrected chi connectivity index (χ4v) is 3.11. The maximum Gasteiger partial charge on any atom is 0.337 e. The average molecular weight is 315 g/mol. The van der Waals surface area contributed by atoms with Crippen LogP contribution in [-0.2, 0) is 9.53 Å². The molecule has 0 spiro atoms. The lowest BCUT2D eigenvalue weighted by molar-refractivity contribution is -0.138. The lowest BCUT2D eigenvalue weighted by Crippen LogP contribution is -2.44. The van der Waals surface area contributed by atoms with Crippen molar-refractivity contribution in [2.75, 3.05) is 24.6 Å². The van der Waals surface area contributed by atoms with Gasteiger partial charge in [-0.3, -0.25) is 0 Å². The number of hydrogen-bond donors (Lipinski definition) is 3. The number of nitrogens with two attached hydrogens (primary N) is 1. The van der Waals surface area contributed by atoms with Gasteiger partial charge in [0.05, 0.1) is 18.7 Å². The fraction of sp³-hybridized carbons (Fsp3) is 0.400. The Labute approximate surface area is 123 Å². The van der Waals surface area contributed by atoms with E-state index >= 15 is 0 Å². The molecular weight excluding hydrogens is 302 g/mol. The molecule has 1 aliphatic rings. The zero-order chi connectivity index (χ0) is 14.5. The van der Waals surface area contributed by atoms with Crippen LogP contribution in [0.25, 0.3) is 0 Å². The number of anilines is 1. The van der Waals surface area contributed by atoms with Crippen molar-refractivity contribution in [2.24, 2.45) is 0 Å². The molecule has 0 aromatic carbocycles. The Hall–Kier alpha value is -1.81. The van der Waals surface area contributed by atoms with Crippen LogP contribution in [0.3, 0.4) is 0 Å². The van der Waals surface area contributed by atoms with Crippen molar-refractivity contribution in [3.8, 4) is 0 Å². The first-order valence-corrected chi connectivity index (χ1v) is 7.56. The quantitative estimate of drug-likeness (QED) is 0.529. The van der Waals surface area contributed by atoms with E-state index in [1.807, 2.05) is 0 Å². The number of carbonyl (C=O) groups excluding carboxylic acids is 2. The number of nitrogen functional groups attached to an aromatic ring is 1. The number of urea groups is 1. The van der Waals surface area contributed by atoms with Crippen LogP contribution in [0.2, 0.25) is 0 Å². The first-order valence-electron chi connectivity index (χ1n) is 5.76. The Morgan fingerprint density at radius 2 is 2.35 bits per heavy atom. The number of amides is 2. The highest BCUT2D eigenvalue weighted by Crippen LogP contribution is 2.26. The molecule has 1 aromatic rings. The van der Waals surface area contributed by atoms with E-state index in [-0.39, 0.29) is 19.2 Å². The lowest BCUT2D eigenvalue weighted by atomic mass is 10.2. The molecule has 8 nitrogen and oxygen atoms in total. The largest absolute Gasteiger partial charge is 0.463 e. The molecule has 0 atom stereocenters. The van der Waals surface area contributed by atoms with Crippen molar-refractivity contribution in [3.05, 3.63) is 11.3 Å². The highest BCUT2D eigenvalue weighted by molar-refractivity contribution is 8.01. The molecule has 2 heterocycles. The molecule has 0 saturated carbocycles. The van der Waals surface area contributed by atoms with Gasteiger partial charge in [0.1, 0.15) is 0 Å². The number of esters is 1. The zero-order valence-electron chi connectivity index (χ0n) is 10.6. The molecule has 2 rings (SSSR count). The number of nitrogens with one attached hydrogen (secondary N) is 2. The molecule has 2 amide bonds. The topological polar surface area (TPSA) is 119 Å². The van der Waals surface area contributed by atoms with Crippen molar-refractivity contribution in [1.82, 2.24) is 20.8 Å². The summed E-state index contributed by atoms with van der Waals surface area (Å²) in [7, 11) is 0. The Morgan fingerprint density at radius 3 is 3.00 bits per heavy atom. The Bertz CT molecular complexity index is 557. The minimum Gasteiger partial charge on any atom is -0.463 e. The zero-order valence-corrected chi connectivity index (χ0v) is 12.3. The van der Waals surface area contributed by atoms with Crippen LogP contribution in [0.4, 0.5) is 9.93 Å². The van der Waals surface area contributed by atoms with Crippen molar-refractivity contribution in [2.45, 2.75) is 11.3 Å². The van der Waals surface area contributed by atoms with Crippen molar-refractivity contribution in [1.29, 1.82) is 0 Å². The van der Waals surface area contributed by atoms with Crippen LogP contribution in [0.1, 0.15) is 6.92 Å². The third-order valence-corrected chi connectivity index (χ3v) is 4.25. The molecule has 4 N–H and O–H groups in total. The van der Waals surface area contributed by atoms with Gasteiger partial charge in [0.2, 0.25) is 5.13 Å². The van der Waals surface area contributed by atoms with Crippen LogP contribution >= 0.6 is 23.1 Å². The second-order valence-corrected chi connectivity index (χ2v) is 5.91. The van der Waals surface area contributed by atoms with Gasteiger partial charge in [-0.25, -0.2) is 9.59 Å². The predicted octanol–water partition coefficient (Wildman–Crippen LogP) is 0.342. The van der Waals surface area contributed by atoms with Gasteiger partial charge in [0, 0.05) is 11.4 Å². The molecule has 10 heteroatoms. The van der Waals surface area contributed by atoms with E-state index in [4.69, 9.17) is 10.5 Å². The third kappa shape index (κ3) is 3.61. The first-order chi connectivity index (χ1) is 9.60. The number of ether oxygens (including phenoxy) is 1. The highest BCUT2D eigenvalue weighted by Gasteiger charge is 2.23. The molecule has 0 fully saturated rings. The standard InChI is InChI=1S/C10H13N5O3S2/c1-2-18-7(16)5-3-12-9(17)13-6(5)4-19-10-15-14-8(11)20-10/h2-4H2,1H3,(H2,11,14)(H2,12,13,17). The van der Waals surface area contributed by atoms with E-state index in [9.17, 15) is 9.59 Å². The second-order valence-electron chi connectivity index (χ2n) is 3.68. The Balaban J connectivity index is 2.10. The number of thioether (sulfide) groups is 1. The number of hydrogen-bond acceptors (Lipinski definition) is 8. The summed E-state index contributed by atoms with van der Waals surface area (Å²) in [5.74, 6) is -0.0525. The van der Waals surface area contributed by atoms with Gasteiger partial charge >= 0.3 is 12.0 Å². The monoisotopic (exact) mass is 315 g/mol. The lowest BCUT2D eigenvalue weighted by Gasteiger charge is -2.20. The summed E-state index contributed by atoms with van der Waals surface area (Å²) in [6.45, 7) is 2.16. The molecular formula is C10H13N5O3S2. The molecule has 0 unspecified atom stereocenters. The summed E-state index contributed by atoms with van der Waals surface area (Å²) in [4.78, 5) is 23.2. The third-order valence-electron chi connectivity index (χ3n) is 2.34. The summed E-state index contributed by atoms with van der Waals surface area (Å²) < 4.78 is 5.63. The van der Waals surface area contributed by atoms with Crippen LogP contribution < -0.4 is 16.4 Å². The van der Waals surface area contributed by atoms with Crippen LogP contribution in [-0.4, -0.2) is 41.1 Å². The highest BCUT2D eigenvalue weighted by atomic mass is 32.2. The van der Waals surface area contributed by atoms with Crippen LogP contribution in [0, 0.1) is 0 Å². The second kappa shape index (κ2) is 6.57. The molecule has 0 radical (unpaired) electrons. The van der Waals surface area contributed by atoms with Crippen molar-refractivity contribution in [3.63, 3.8) is 0 Å². The van der Waals surface area contributed by atoms with E-state index in [2.05, 4.69) is 20.8 Å². The van der Waals surface area contributed by atoms with Crippen molar-refractivity contribution >= 4 is 40.2 Å². The SMILES string of the molecule is CCOC(=O)C1=C(CSc2nnc(N)s2)NC(=O)NC1. The molecule has 1 aromatic heterocycles. The molecule has 0 saturated heterocycles. The smallest absolute Gasteiger partial charge is 0.337 e. The summed E-state index contributed by atoms with van der Waals surface area (Å²) in [6, 6.07) is -0.342. The summed E-state index contributed by atoms with van der Waals surface area (Å²) in [5.41, 5.74) is 6.42. The van der Waals surface area contributed by atoms with Gasteiger partial charge < -0.3 is 21.1 Å². The number of aromatic nitrogens is 2. The number of nitrogens with zero attached hydrogens (tertiary/aromatic N) is 2. The molecule has 1 aliphatic heterocycles. The summed E-state index contributed by atoms with van der Waals surface area (Å²) >= 11 is 2.59. The molecule has 108 valence electrons. The van der Waals surface area contributed by atoms with Crippen LogP contribution in [0.15, 0.2) is 15.6 Å². The minimum atomic E-state index is -0.438. The predicted molar refractivity (Wildman–Crippen MR) is 75.2 cm³/mol. The maximum absolute atomic E-state index is 11.8. The van der Waals surface area contributed by atoms with E-state index in [0.29, 0.717) is 26.5 Å². The number of rotatable bonds is 5. The fourth-order valence-electron chi connectivity index (χ4n) is 1.48. The van der Waals surface area contributed by atoms with Gasteiger partial charge in [0.15, 0.2) is 4.34 Å². The summed E-state index contributed by atoms with van der Waals surface area (Å²) in [6.07, 6.45) is 0. The van der Waals surface area contributed by atoms with Gasteiger partial charge in [-0.05, 0) is 6.92 Å². The maximum atomic E-state index is 11.8. The van der Waals surface area contributed by atoms with Gasteiger partial charge in [-0.1, -0.05) is 23.1 Å². The molecule has 0 aliphatic carbocycles. The molecule has 20 heavy (non-hydrogen) atoms. The van der Waals surface area contributed by atoms with E-state index in [1.165, 1.54) is 23.1 Å². The summed E-state index contributed by atoms with van der Waals surface area (Å²) in [5, 5.41) is 13.1. The van der Waals surface area contributed by atoms with E-state index in [1.54, 1.807) is 6.92 Å². The number of carbonyl (C=O) groups is 2. The Kier molecular flexibility index (Phi) is 4.79. The van der Waals surface area contributed by atoms with Gasteiger partial charge in [0.25, 0.3) is 0 Å². The van der Waals surface area contributed by atoms with E-state index in [0.717, 1.165) is 0 Å². The minimum absolute atomic E-state index is 0.152. The van der Waals surface area contributed by atoms with E-state index < -0.39 is 5.97 Å². The van der Waals surface area contributed by atoms with Gasteiger partial charge in [-0.15, -0.1) is 10.2 Å². The van der Waals surface area contributed by atoms with Gasteiger partial charge in [-0.2, -0.15) is 0 Å².